The molecule has 0 fully saturated rings. The molecular weight excluding hydrogens is 208 g/mol. The Morgan fingerprint density at radius 2 is 2.29 bits per heavy atom. The summed E-state index contributed by atoms with van der Waals surface area (Å²) in [6.07, 6.45) is 4.18. The van der Waals surface area contributed by atoms with E-state index < -0.39 is 22.2 Å². The van der Waals surface area contributed by atoms with Crippen LogP contribution < -0.4 is 0 Å². The first-order chi connectivity index (χ1) is 6.38. The Kier molecular flexibility index (Phi) is 3.28. The molecule has 14 heavy (non-hydrogen) atoms. The highest BCUT2D eigenvalue weighted by molar-refractivity contribution is 7.86. The molecule has 0 bridgehead atoms. The minimum Gasteiger partial charge on any atom is -0.481 e. The molecule has 1 rings (SSSR count). The first-order valence-electron chi connectivity index (χ1n) is 4.15. The van der Waals surface area contributed by atoms with Crippen LogP contribution in [0.1, 0.15) is 12.8 Å². The fourth-order valence-electron chi connectivity index (χ4n) is 1.42. The zero-order valence-corrected chi connectivity index (χ0v) is 8.53. The lowest BCUT2D eigenvalue weighted by Gasteiger charge is -2.16. The van der Waals surface area contributed by atoms with E-state index in [1.54, 1.807) is 12.2 Å². The van der Waals surface area contributed by atoms with Crippen LogP contribution in [-0.4, -0.2) is 31.9 Å². The van der Waals surface area contributed by atoms with Crippen molar-refractivity contribution in [3.63, 3.8) is 0 Å². The molecule has 6 heteroatoms. The topological polar surface area (TPSA) is 80.7 Å². The summed E-state index contributed by atoms with van der Waals surface area (Å²) in [5.74, 6) is -1.30. The third-order valence-corrected chi connectivity index (χ3v) is 2.53. The second-order valence-electron chi connectivity index (χ2n) is 3.26. The van der Waals surface area contributed by atoms with Gasteiger partial charge in [-0.15, -0.1) is 0 Å². The molecule has 0 amide bonds. The van der Waals surface area contributed by atoms with Gasteiger partial charge >= 0.3 is 5.97 Å². The van der Waals surface area contributed by atoms with Gasteiger partial charge in [0, 0.05) is 5.92 Å². The molecule has 80 valence electrons. The lowest BCUT2D eigenvalue weighted by atomic mass is 10.0. The molecule has 2 atom stereocenters. The Balaban J connectivity index is 2.59. The van der Waals surface area contributed by atoms with Crippen LogP contribution in [0.25, 0.3) is 0 Å². The number of aliphatic carboxylic acids is 1. The van der Waals surface area contributed by atoms with Crippen LogP contribution >= 0.6 is 0 Å². The first kappa shape index (κ1) is 11.2. The highest BCUT2D eigenvalue weighted by Gasteiger charge is 2.28. The average Bonchev–Trinajstić information content (AvgIpc) is 2.32. The van der Waals surface area contributed by atoms with Crippen LogP contribution in [0.3, 0.4) is 0 Å². The summed E-state index contributed by atoms with van der Waals surface area (Å²) in [5.41, 5.74) is 0. The molecule has 0 aliphatic heterocycles. The molecule has 1 N–H and O–H groups in total. The monoisotopic (exact) mass is 220 g/mol. The predicted octanol–water partition coefficient (Wildman–Crippen LogP) is 0.382. The number of hydrogen-bond acceptors (Lipinski definition) is 4. The molecule has 0 aromatic heterocycles. The standard InChI is InChI=1S/C8H12O5S/c1-14(11,12)13-7-4-2-3-6(7)5-8(9)10/h2-3,6-7H,4-5H2,1H3,(H,9,10). The zero-order chi connectivity index (χ0) is 10.8. The maximum absolute atomic E-state index is 10.8. The van der Waals surface area contributed by atoms with Gasteiger partial charge < -0.3 is 5.11 Å². The quantitative estimate of drug-likeness (QED) is 0.547. The highest BCUT2D eigenvalue weighted by Crippen LogP contribution is 2.25. The van der Waals surface area contributed by atoms with E-state index in [0.717, 1.165) is 6.26 Å². The third kappa shape index (κ3) is 3.47. The first-order valence-corrected chi connectivity index (χ1v) is 5.97. The van der Waals surface area contributed by atoms with Gasteiger partial charge in [-0.05, 0) is 6.42 Å². The summed E-state index contributed by atoms with van der Waals surface area (Å²) in [6.45, 7) is 0. The van der Waals surface area contributed by atoms with Gasteiger partial charge in [0.2, 0.25) is 0 Å². The molecule has 1 aliphatic carbocycles. The predicted molar refractivity (Wildman–Crippen MR) is 49.2 cm³/mol. The summed E-state index contributed by atoms with van der Waals surface area (Å²) in [6, 6.07) is 0. The lowest BCUT2D eigenvalue weighted by molar-refractivity contribution is -0.138. The van der Waals surface area contributed by atoms with Crippen LogP contribution in [0.15, 0.2) is 12.2 Å². The third-order valence-electron chi connectivity index (χ3n) is 1.94. The zero-order valence-electron chi connectivity index (χ0n) is 7.71. The van der Waals surface area contributed by atoms with Crippen molar-refractivity contribution in [3.05, 3.63) is 12.2 Å². The Labute approximate surface area is 82.5 Å². The fraction of sp³-hybridized carbons (Fsp3) is 0.625. The molecule has 0 saturated carbocycles. The van der Waals surface area contributed by atoms with E-state index in [9.17, 15) is 13.2 Å². The van der Waals surface area contributed by atoms with E-state index >= 15 is 0 Å². The molecule has 0 radical (unpaired) electrons. The minimum atomic E-state index is -3.51. The van der Waals surface area contributed by atoms with E-state index in [4.69, 9.17) is 9.29 Å². The van der Waals surface area contributed by atoms with Crippen molar-refractivity contribution in [1.29, 1.82) is 0 Å². The molecule has 0 aromatic rings. The molecule has 0 saturated heterocycles. The summed E-state index contributed by atoms with van der Waals surface area (Å²) in [7, 11) is -3.51. The number of rotatable bonds is 4. The Morgan fingerprint density at radius 1 is 1.64 bits per heavy atom. The Hall–Kier alpha value is -0.880. The van der Waals surface area contributed by atoms with Crippen LogP contribution in [0.2, 0.25) is 0 Å². The van der Waals surface area contributed by atoms with Crippen molar-refractivity contribution in [3.8, 4) is 0 Å². The van der Waals surface area contributed by atoms with Crippen LogP contribution in [-0.2, 0) is 19.1 Å². The highest BCUT2D eigenvalue weighted by atomic mass is 32.2. The second kappa shape index (κ2) is 4.10. The van der Waals surface area contributed by atoms with E-state index in [1.165, 1.54) is 0 Å². The Bertz CT molecular complexity index is 343. The van der Waals surface area contributed by atoms with Crippen molar-refractivity contribution in [2.24, 2.45) is 5.92 Å². The van der Waals surface area contributed by atoms with Crippen molar-refractivity contribution >= 4 is 16.1 Å². The van der Waals surface area contributed by atoms with Gasteiger partial charge in [0.15, 0.2) is 0 Å². The van der Waals surface area contributed by atoms with Crippen LogP contribution in [0.4, 0.5) is 0 Å². The number of carbonyl (C=O) groups is 1. The van der Waals surface area contributed by atoms with Gasteiger partial charge in [0.25, 0.3) is 10.1 Å². The van der Waals surface area contributed by atoms with Crippen molar-refractivity contribution in [2.45, 2.75) is 18.9 Å². The summed E-state index contributed by atoms with van der Waals surface area (Å²) >= 11 is 0. The normalized spacial score (nSPS) is 26.6. The second-order valence-corrected chi connectivity index (χ2v) is 4.87. The van der Waals surface area contributed by atoms with Gasteiger partial charge in [-0.25, -0.2) is 0 Å². The van der Waals surface area contributed by atoms with Crippen molar-refractivity contribution in [2.75, 3.05) is 6.26 Å². The largest absolute Gasteiger partial charge is 0.481 e. The lowest BCUT2D eigenvalue weighted by Crippen LogP contribution is -2.24. The summed E-state index contributed by atoms with van der Waals surface area (Å²) < 4.78 is 26.4. The molecule has 0 spiro atoms. The minimum absolute atomic E-state index is 0.101. The number of carboxylic acid groups (broad SMARTS) is 1. The maximum Gasteiger partial charge on any atom is 0.304 e. The van der Waals surface area contributed by atoms with Gasteiger partial charge in [0.1, 0.15) is 0 Å². The molecule has 5 nitrogen and oxygen atoms in total. The van der Waals surface area contributed by atoms with E-state index in [0.29, 0.717) is 6.42 Å². The Morgan fingerprint density at radius 3 is 2.79 bits per heavy atom. The smallest absolute Gasteiger partial charge is 0.304 e. The SMILES string of the molecule is CS(=O)(=O)OC1CC=CC1CC(=O)O. The summed E-state index contributed by atoms with van der Waals surface area (Å²) in [5, 5.41) is 8.55. The number of hydrogen-bond donors (Lipinski definition) is 1. The summed E-state index contributed by atoms with van der Waals surface area (Å²) in [4.78, 5) is 10.4. The van der Waals surface area contributed by atoms with E-state index in [1.807, 2.05) is 0 Å². The van der Waals surface area contributed by atoms with Gasteiger partial charge in [-0.2, -0.15) is 8.42 Å². The van der Waals surface area contributed by atoms with E-state index in [2.05, 4.69) is 0 Å². The van der Waals surface area contributed by atoms with Gasteiger partial charge in [0.05, 0.1) is 18.8 Å². The van der Waals surface area contributed by atoms with Crippen molar-refractivity contribution < 1.29 is 22.5 Å². The molecule has 2 unspecified atom stereocenters. The number of carboxylic acids is 1. The van der Waals surface area contributed by atoms with E-state index in [-0.39, 0.29) is 12.3 Å². The van der Waals surface area contributed by atoms with Gasteiger partial charge in [-0.3, -0.25) is 8.98 Å². The van der Waals surface area contributed by atoms with Crippen LogP contribution in [0.5, 0.6) is 0 Å². The fourth-order valence-corrected chi connectivity index (χ4v) is 2.09. The van der Waals surface area contributed by atoms with Crippen LogP contribution in [0, 0.1) is 5.92 Å². The van der Waals surface area contributed by atoms with Gasteiger partial charge in [-0.1, -0.05) is 12.2 Å². The molecule has 0 heterocycles. The molecule has 1 aliphatic rings. The van der Waals surface area contributed by atoms with Crippen molar-refractivity contribution in [1.82, 2.24) is 0 Å². The molecular formula is C8H12O5S. The molecule has 0 aromatic carbocycles. The average molecular weight is 220 g/mol. The maximum atomic E-state index is 10.8.